The molecule has 0 saturated heterocycles. The topological polar surface area (TPSA) is 83.5 Å². The lowest BCUT2D eigenvalue weighted by Crippen LogP contribution is -2.27. The molecule has 0 aliphatic rings. The molecule has 0 saturated carbocycles. The molecule has 0 spiro atoms. The molecule has 0 bridgehead atoms. The highest BCUT2D eigenvalue weighted by atomic mass is 32.2. The van der Waals surface area contributed by atoms with Crippen LogP contribution >= 0.6 is 11.8 Å². The zero-order valence-electron chi connectivity index (χ0n) is 10.7. The maximum Gasteiger partial charge on any atom is 0.335 e. The predicted molar refractivity (Wildman–Crippen MR) is 80.2 cm³/mol. The fraction of sp³-hybridized carbons (Fsp3) is 0.308. The van der Waals surface area contributed by atoms with Gasteiger partial charge < -0.3 is 5.11 Å². The fourth-order valence-electron chi connectivity index (χ4n) is 1.41. The number of nitrogens with one attached hydrogen (secondary N) is 1. The minimum Gasteiger partial charge on any atom is -0.478 e. The summed E-state index contributed by atoms with van der Waals surface area (Å²) < 4.78 is 26.0. The maximum absolute atomic E-state index is 11.8. The van der Waals surface area contributed by atoms with Gasteiger partial charge in [-0.2, -0.15) is 0 Å². The van der Waals surface area contributed by atoms with Crippen LogP contribution in [-0.2, 0) is 15.8 Å². The SMILES string of the molecule is C#CCSCCNS(=O)(=O)Cc1ccc(C(=O)O)cc1. The van der Waals surface area contributed by atoms with Crippen molar-refractivity contribution in [3.05, 3.63) is 35.4 Å². The maximum atomic E-state index is 11.8. The van der Waals surface area contributed by atoms with Gasteiger partial charge in [0, 0.05) is 12.3 Å². The van der Waals surface area contributed by atoms with Crippen molar-refractivity contribution in [3.8, 4) is 12.3 Å². The van der Waals surface area contributed by atoms with Crippen LogP contribution in [0.15, 0.2) is 24.3 Å². The molecule has 0 aliphatic carbocycles. The van der Waals surface area contributed by atoms with E-state index in [1.54, 1.807) is 0 Å². The van der Waals surface area contributed by atoms with E-state index >= 15 is 0 Å². The first-order chi connectivity index (χ1) is 9.44. The number of hydrogen-bond donors (Lipinski definition) is 2. The normalized spacial score (nSPS) is 10.9. The van der Waals surface area contributed by atoms with Crippen LogP contribution in [0.4, 0.5) is 0 Å². The van der Waals surface area contributed by atoms with E-state index < -0.39 is 16.0 Å². The lowest BCUT2D eigenvalue weighted by molar-refractivity contribution is 0.0697. The summed E-state index contributed by atoms with van der Waals surface area (Å²) in [7, 11) is -3.42. The Morgan fingerprint density at radius 2 is 2.00 bits per heavy atom. The molecular weight excluding hydrogens is 298 g/mol. The Labute approximate surface area is 122 Å². The summed E-state index contributed by atoms with van der Waals surface area (Å²) in [4.78, 5) is 10.7. The molecule has 0 aromatic heterocycles. The number of sulfonamides is 1. The minimum atomic E-state index is -3.42. The van der Waals surface area contributed by atoms with Crippen molar-refractivity contribution in [1.29, 1.82) is 0 Å². The van der Waals surface area contributed by atoms with Gasteiger partial charge in [0.1, 0.15) is 0 Å². The molecule has 5 nitrogen and oxygen atoms in total. The lowest BCUT2D eigenvalue weighted by atomic mass is 10.1. The highest BCUT2D eigenvalue weighted by molar-refractivity contribution is 7.99. The smallest absolute Gasteiger partial charge is 0.335 e. The minimum absolute atomic E-state index is 0.129. The second kappa shape index (κ2) is 7.94. The molecule has 1 aromatic carbocycles. The van der Waals surface area contributed by atoms with Crippen LogP contribution in [0.5, 0.6) is 0 Å². The zero-order chi connectivity index (χ0) is 15.0. The number of aromatic carboxylic acids is 1. The van der Waals surface area contributed by atoms with E-state index in [1.807, 2.05) is 0 Å². The molecule has 0 unspecified atom stereocenters. The van der Waals surface area contributed by atoms with Crippen molar-refractivity contribution in [3.63, 3.8) is 0 Å². The second-order valence-electron chi connectivity index (χ2n) is 3.91. The standard InChI is InChI=1S/C13H15NO4S2/c1-2-8-19-9-7-14-20(17,18)10-11-3-5-12(6-4-11)13(15)16/h1,3-6,14H,7-10H2,(H,15,16). The van der Waals surface area contributed by atoms with Gasteiger partial charge in [0.2, 0.25) is 10.0 Å². The van der Waals surface area contributed by atoms with Crippen LogP contribution in [0.2, 0.25) is 0 Å². The van der Waals surface area contributed by atoms with Gasteiger partial charge in [-0.15, -0.1) is 18.2 Å². The number of hydrogen-bond acceptors (Lipinski definition) is 4. The van der Waals surface area contributed by atoms with Gasteiger partial charge in [-0.3, -0.25) is 0 Å². The Morgan fingerprint density at radius 1 is 1.35 bits per heavy atom. The van der Waals surface area contributed by atoms with Crippen LogP contribution in [0.1, 0.15) is 15.9 Å². The average molecular weight is 313 g/mol. The van der Waals surface area contributed by atoms with Gasteiger partial charge in [-0.25, -0.2) is 17.9 Å². The average Bonchev–Trinajstić information content (AvgIpc) is 2.38. The van der Waals surface area contributed by atoms with Crippen LogP contribution in [0.25, 0.3) is 0 Å². The molecule has 0 amide bonds. The van der Waals surface area contributed by atoms with Gasteiger partial charge >= 0.3 is 5.97 Å². The molecule has 0 heterocycles. The Balaban J connectivity index is 2.49. The van der Waals surface area contributed by atoms with Gasteiger partial charge in [0.05, 0.1) is 17.1 Å². The highest BCUT2D eigenvalue weighted by Crippen LogP contribution is 2.08. The van der Waals surface area contributed by atoms with Crippen molar-refractivity contribution in [2.45, 2.75) is 5.75 Å². The molecule has 0 aliphatic heterocycles. The van der Waals surface area contributed by atoms with Gasteiger partial charge in [0.25, 0.3) is 0 Å². The van der Waals surface area contributed by atoms with E-state index in [1.165, 1.54) is 36.0 Å². The number of carboxylic acid groups (broad SMARTS) is 1. The van der Waals surface area contributed by atoms with Crippen molar-refractivity contribution < 1.29 is 18.3 Å². The summed E-state index contributed by atoms with van der Waals surface area (Å²) >= 11 is 1.48. The number of carbonyl (C=O) groups is 1. The number of rotatable bonds is 8. The summed E-state index contributed by atoms with van der Waals surface area (Å²) in [5.74, 6) is 2.41. The summed E-state index contributed by atoms with van der Waals surface area (Å²) in [6.45, 7) is 0.321. The molecule has 7 heteroatoms. The van der Waals surface area contributed by atoms with Gasteiger partial charge in [-0.05, 0) is 17.7 Å². The van der Waals surface area contributed by atoms with E-state index in [9.17, 15) is 13.2 Å². The number of benzene rings is 1. The highest BCUT2D eigenvalue weighted by Gasteiger charge is 2.11. The molecule has 0 fully saturated rings. The molecule has 1 rings (SSSR count). The second-order valence-corrected chi connectivity index (χ2v) is 6.82. The Hall–Kier alpha value is -1.49. The van der Waals surface area contributed by atoms with Crippen molar-refractivity contribution in [2.75, 3.05) is 18.1 Å². The van der Waals surface area contributed by atoms with Crippen LogP contribution in [0, 0.1) is 12.3 Å². The van der Waals surface area contributed by atoms with Crippen LogP contribution in [0.3, 0.4) is 0 Å². The predicted octanol–water partition coefficient (Wildman–Crippen LogP) is 1.17. The van der Waals surface area contributed by atoms with Crippen LogP contribution in [-0.4, -0.2) is 37.5 Å². The van der Waals surface area contributed by atoms with Crippen molar-refractivity contribution in [1.82, 2.24) is 4.72 Å². The number of terminal acetylenes is 1. The van der Waals surface area contributed by atoms with E-state index in [4.69, 9.17) is 11.5 Å². The van der Waals surface area contributed by atoms with Crippen LogP contribution < -0.4 is 4.72 Å². The molecule has 0 radical (unpaired) electrons. The van der Waals surface area contributed by atoms with Crippen molar-refractivity contribution in [2.24, 2.45) is 0 Å². The van der Waals surface area contributed by atoms with Gasteiger partial charge in [-0.1, -0.05) is 18.1 Å². The quantitative estimate of drug-likeness (QED) is 0.556. The zero-order valence-corrected chi connectivity index (χ0v) is 12.3. The lowest BCUT2D eigenvalue weighted by Gasteiger charge is -2.06. The first kappa shape index (κ1) is 16.6. The summed E-state index contributed by atoms with van der Waals surface area (Å²) in [5, 5.41) is 8.75. The first-order valence-corrected chi connectivity index (χ1v) is 8.56. The molecule has 2 N–H and O–H groups in total. The van der Waals surface area contributed by atoms with Gasteiger partial charge in [0.15, 0.2) is 0 Å². The number of thioether (sulfide) groups is 1. The van der Waals surface area contributed by atoms with E-state index in [-0.39, 0.29) is 11.3 Å². The molecule has 20 heavy (non-hydrogen) atoms. The third kappa shape index (κ3) is 6.10. The molecule has 108 valence electrons. The van der Waals surface area contributed by atoms with E-state index in [0.29, 0.717) is 23.6 Å². The molecule has 0 atom stereocenters. The third-order valence-electron chi connectivity index (χ3n) is 2.31. The third-order valence-corrected chi connectivity index (χ3v) is 4.53. The summed E-state index contributed by atoms with van der Waals surface area (Å²) in [6.07, 6.45) is 5.08. The monoisotopic (exact) mass is 313 g/mol. The Kier molecular flexibility index (Phi) is 6.58. The first-order valence-electron chi connectivity index (χ1n) is 5.75. The molecular formula is C13H15NO4S2. The Bertz CT molecular complexity index is 588. The van der Waals surface area contributed by atoms with Crippen molar-refractivity contribution >= 4 is 27.8 Å². The fourth-order valence-corrected chi connectivity index (χ4v) is 3.20. The van der Waals surface area contributed by atoms with E-state index in [2.05, 4.69) is 10.6 Å². The van der Waals surface area contributed by atoms with E-state index in [0.717, 1.165) is 0 Å². The Morgan fingerprint density at radius 3 is 2.55 bits per heavy atom. The molecule has 1 aromatic rings. The largest absolute Gasteiger partial charge is 0.478 e. The summed E-state index contributed by atoms with van der Waals surface area (Å²) in [6, 6.07) is 5.76. The summed E-state index contributed by atoms with van der Waals surface area (Å²) in [5.41, 5.74) is 0.670. The number of carboxylic acids is 1.